The van der Waals surface area contributed by atoms with E-state index < -0.39 is 0 Å². The summed E-state index contributed by atoms with van der Waals surface area (Å²) >= 11 is 0. The Morgan fingerprint density at radius 3 is 2.56 bits per heavy atom. The molecule has 2 aliphatic rings. The molecule has 25 heavy (non-hydrogen) atoms. The van der Waals surface area contributed by atoms with Crippen LogP contribution in [0, 0.1) is 5.92 Å². The first kappa shape index (κ1) is 17.9. The smallest absolute Gasteiger partial charge is 0.222 e. The number of benzene rings is 1. The van der Waals surface area contributed by atoms with Gasteiger partial charge in [-0.05, 0) is 56.4 Å². The van der Waals surface area contributed by atoms with Crippen LogP contribution in [0.2, 0.25) is 0 Å². The minimum Gasteiger partial charge on any atom is -0.352 e. The van der Waals surface area contributed by atoms with E-state index in [2.05, 4.69) is 23.3 Å². The van der Waals surface area contributed by atoms with Gasteiger partial charge in [-0.2, -0.15) is 0 Å². The van der Waals surface area contributed by atoms with Crippen LogP contribution in [0.5, 0.6) is 0 Å². The van der Waals surface area contributed by atoms with Crippen LogP contribution < -0.4 is 5.32 Å². The molecule has 1 N–H and O–H groups in total. The van der Waals surface area contributed by atoms with Gasteiger partial charge in [0.25, 0.3) is 0 Å². The average molecular weight is 343 g/mol. The van der Waals surface area contributed by atoms with Crippen molar-refractivity contribution in [2.45, 2.75) is 45.2 Å². The van der Waals surface area contributed by atoms with Crippen molar-refractivity contribution in [2.24, 2.45) is 5.92 Å². The molecule has 2 heterocycles. The first-order chi connectivity index (χ1) is 12.1. The molecule has 0 radical (unpaired) electrons. The number of piperidine rings is 1. The molecule has 0 atom stereocenters. The van der Waals surface area contributed by atoms with E-state index in [4.69, 9.17) is 0 Å². The Morgan fingerprint density at radius 2 is 1.88 bits per heavy atom. The molecule has 1 aromatic carbocycles. The first-order valence-electron chi connectivity index (χ1n) is 9.41. The highest BCUT2D eigenvalue weighted by atomic mass is 16.2. The summed E-state index contributed by atoms with van der Waals surface area (Å²) in [4.78, 5) is 28.4. The number of rotatable bonds is 6. The maximum atomic E-state index is 12.3. The van der Waals surface area contributed by atoms with Crippen molar-refractivity contribution in [2.75, 3.05) is 26.7 Å². The van der Waals surface area contributed by atoms with Gasteiger partial charge >= 0.3 is 0 Å². The van der Waals surface area contributed by atoms with Crippen LogP contribution in [0.25, 0.3) is 0 Å². The van der Waals surface area contributed by atoms with Crippen LogP contribution in [-0.2, 0) is 22.7 Å². The summed E-state index contributed by atoms with van der Waals surface area (Å²) in [5, 5.41) is 3.08. The Hall–Kier alpha value is -1.88. The molecule has 2 saturated heterocycles. The number of likely N-dealkylation sites (tertiary alicyclic amines) is 2. The molecule has 0 bridgehead atoms. The lowest BCUT2D eigenvalue weighted by atomic mass is 9.93. The van der Waals surface area contributed by atoms with E-state index in [1.807, 2.05) is 23.1 Å². The van der Waals surface area contributed by atoms with Crippen LogP contribution in [0.15, 0.2) is 24.3 Å². The second-order valence-electron chi connectivity index (χ2n) is 7.42. The number of nitrogens with zero attached hydrogens (tertiary/aromatic N) is 2. The minimum absolute atomic E-state index is 0.140. The van der Waals surface area contributed by atoms with Gasteiger partial charge in [0.15, 0.2) is 0 Å². The molecule has 5 nitrogen and oxygen atoms in total. The second-order valence-corrected chi connectivity index (χ2v) is 7.42. The summed E-state index contributed by atoms with van der Waals surface area (Å²) in [6, 6.07) is 8.10. The number of hydrogen-bond donors (Lipinski definition) is 1. The number of carbonyl (C=O) groups excluding carboxylic acids is 2. The van der Waals surface area contributed by atoms with Crippen LogP contribution in [0.4, 0.5) is 0 Å². The lowest BCUT2D eigenvalue weighted by Crippen LogP contribution is -2.33. The molecule has 0 aliphatic carbocycles. The highest BCUT2D eigenvalue weighted by molar-refractivity contribution is 5.78. The van der Waals surface area contributed by atoms with Gasteiger partial charge in [-0.15, -0.1) is 0 Å². The fourth-order valence-corrected chi connectivity index (χ4v) is 3.76. The van der Waals surface area contributed by atoms with Crippen molar-refractivity contribution < 1.29 is 9.59 Å². The Kier molecular flexibility index (Phi) is 6.08. The number of hydrogen-bond acceptors (Lipinski definition) is 3. The zero-order chi connectivity index (χ0) is 17.6. The summed E-state index contributed by atoms with van der Waals surface area (Å²) in [7, 11) is 2.14. The number of amides is 2. The predicted octanol–water partition coefficient (Wildman–Crippen LogP) is 2.16. The average Bonchev–Trinajstić information content (AvgIpc) is 3.01. The maximum absolute atomic E-state index is 12.3. The molecular weight excluding hydrogens is 314 g/mol. The fraction of sp³-hybridized carbons (Fsp3) is 0.600. The molecule has 3 rings (SSSR count). The van der Waals surface area contributed by atoms with Gasteiger partial charge < -0.3 is 15.1 Å². The second kappa shape index (κ2) is 8.48. The van der Waals surface area contributed by atoms with E-state index in [0.29, 0.717) is 31.8 Å². The number of nitrogens with one attached hydrogen (secondary N) is 1. The molecule has 0 aromatic heterocycles. The molecule has 2 aliphatic heterocycles. The summed E-state index contributed by atoms with van der Waals surface area (Å²) in [6.07, 6.45) is 4.46. The van der Waals surface area contributed by atoms with E-state index in [0.717, 1.165) is 50.0 Å². The molecule has 0 saturated carbocycles. The van der Waals surface area contributed by atoms with Crippen molar-refractivity contribution in [1.29, 1.82) is 0 Å². The van der Waals surface area contributed by atoms with Crippen LogP contribution >= 0.6 is 0 Å². The van der Waals surface area contributed by atoms with Crippen molar-refractivity contribution in [3.63, 3.8) is 0 Å². The molecule has 2 amide bonds. The van der Waals surface area contributed by atoms with Gasteiger partial charge in [0.1, 0.15) is 0 Å². The SMILES string of the molecule is CN1CCC(CC(=O)NCc2ccccc2CN2CCCC2=O)CC1. The standard InChI is InChI=1S/C20H29N3O2/c1-22-11-8-16(9-12-22)13-19(24)21-14-17-5-2-3-6-18(17)15-23-10-4-7-20(23)25/h2-3,5-6,16H,4,7-15H2,1H3,(H,21,24). The summed E-state index contributed by atoms with van der Waals surface area (Å²) in [6.45, 7) is 4.22. The van der Waals surface area contributed by atoms with Gasteiger partial charge in [0.2, 0.25) is 11.8 Å². The largest absolute Gasteiger partial charge is 0.352 e. The predicted molar refractivity (Wildman–Crippen MR) is 97.8 cm³/mol. The molecule has 2 fully saturated rings. The molecule has 5 heteroatoms. The third kappa shape index (κ3) is 5.05. The first-order valence-corrected chi connectivity index (χ1v) is 9.41. The third-order valence-corrected chi connectivity index (χ3v) is 5.44. The van der Waals surface area contributed by atoms with Crippen LogP contribution in [0.1, 0.15) is 43.2 Å². The van der Waals surface area contributed by atoms with E-state index in [9.17, 15) is 9.59 Å². The fourth-order valence-electron chi connectivity index (χ4n) is 3.76. The van der Waals surface area contributed by atoms with E-state index in [-0.39, 0.29) is 11.8 Å². The summed E-state index contributed by atoms with van der Waals surface area (Å²) in [5.74, 6) is 0.886. The monoisotopic (exact) mass is 343 g/mol. The van der Waals surface area contributed by atoms with Gasteiger partial charge in [-0.3, -0.25) is 9.59 Å². The quantitative estimate of drug-likeness (QED) is 0.861. The van der Waals surface area contributed by atoms with Crippen molar-refractivity contribution >= 4 is 11.8 Å². The Bertz CT molecular complexity index is 609. The Balaban J connectivity index is 1.50. The van der Waals surface area contributed by atoms with Crippen molar-refractivity contribution in [3.8, 4) is 0 Å². The molecule has 1 aromatic rings. The van der Waals surface area contributed by atoms with Gasteiger partial charge in [0.05, 0.1) is 0 Å². The zero-order valence-corrected chi connectivity index (χ0v) is 15.2. The van der Waals surface area contributed by atoms with E-state index in [1.54, 1.807) is 0 Å². The molecule has 136 valence electrons. The summed E-state index contributed by atoms with van der Waals surface area (Å²) in [5.41, 5.74) is 2.25. The Morgan fingerprint density at radius 1 is 1.16 bits per heavy atom. The summed E-state index contributed by atoms with van der Waals surface area (Å²) < 4.78 is 0. The van der Waals surface area contributed by atoms with Gasteiger partial charge in [-0.25, -0.2) is 0 Å². The molecule has 0 spiro atoms. The van der Waals surface area contributed by atoms with Crippen molar-refractivity contribution in [1.82, 2.24) is 15.1 Å². The zero-order valence-electron chi connectivity index (χ0n) is 15.2. The topological polar surface area (TPSA) is 52.7 Å². The Labute approximate surface area is 150 Å². The van der Waals surface area contributed by atoms with Gasteiger partial charge in [0, 0.05) is 32.5 Å². The number of carbonyl (C=O) groups is 2. The lowest BCUT2D eigenvalue weighted by Gasteiger charge is -2.28. The normalized spacial score (nSPS) is 19.4. The van der Waals surface area contributed by atoms with Gasteiger partial charge in [-0.1, -0.05) is 24.3 Å². The molecule has 0 unspecified atom stereocenters. The van der Waals surface area contributed by atoms with E-state index in [1.165, 1.54) is 0 Å². The molecular formula is C20H29N3O2. The highest BCUT2D eigenvalue weighted by Crippen LogP contribution is 2.20. The lowest BCUT2D eigenvalue weighted by molar-refractivity contribution is -0.128. The maximum Gasteiger partial charge on any atom is 0.222 e. The third-order valence-electron chi connectivity index (χ3n) is 5.44. The minimum atomic E-state index is 0.140. The van der Waals surface area contributed by atoms with Crippen LogP contribution in [-0.4, -0.2) is 48.3 Å². The van der Waals surface area contributed by atoms with Crippen molar-refractivity contribution in [3.05, 3.63) is 35.4 Å². The van der Waals surface area contributed by atoms with E-state index >= 15 is 0 Å². The van der Waals surface area contributed by atoms with Crippen LogP contribution in [0.3, 0.4) is 0 Å². The highest BCUT2D eigenvalue weighted by Gasteiger charge is 2.22.